The van der Waals surface area contributed by atoms with E-state index in [1.807, 2.05) is 27.7 Å². The molecule has 32 heavy (non-hydrogen) atoms. The van der Waals surface area contributed by atoms with Gasteiger partial charge in [0.2, 0.25) is 0 Å². The lowest BCUT2D eigenvalue weighted by molar-refractivity contribution is -0.391. The summed E-state index contributed by atoms with van der Waals surface area (Å²) >= 11 is 0. The van der Waals surface area contributed by atoms with Crippen molar-refractivity contribution in [2.45, 2.75) is 52.8 Å². The van der Waals surface area contributed by atoms with Gasteiger partial charge in [-0.25, -0.2) is 0 Å². The highest BCUT2D eigenvalue weighted by molar-refractivity contribution is 6.02. The molecule has 0 atom stereocenters. The highest BCUT2D eigenvalue weighted by Gasteiger charge is 2.65. The van der Waals surface area contributed by atoms with Gasteiger partial charge in [-0.3, -0.25) is 9.59 Å². The minimum absolute atomic E-state index is 0.0678. The molecular weight excluding hydrogens is 432 g/mol. The summed E-state index contributed by atoms with van der Waals surface area (Å²) < 4.78 is 65.8. The molecule has 0 fully saturated rings. The lowest BCUT2D eigenvalue weighted by atomic mass is 10.0. The number of hydrogen-bond donors (Lipinski definition) is 0. The van der Waals surface area contributed by atoms with E-state index in [4.69, 9.17) is 4.74 Å². The maximum atomic E-state index is 13.3. The van der Waals surface area contributed by atoms with Gasteiger partial charge in [0.05, 0.1) is 7.11 Å². The van der Waals surface area contributed by atoms with E-state index in [-0.39, 0.29) is 24.2 Å². The fourth-order valence-electron chi connectivity index (χ4n) is 2.55. The SMILES string of the molecule is CC.CC.COc1cccc(C(=O)CCC(=O)c2ccc3c(c2)OC(F)(F)C(F)(F)O3)c1. The molecule has 0 spiro atoms. The molecule has 1 aliphatic heterocycles. The zero-order chi connectivity index (χ0) is 24.5. The van der Waals surface area contributed by atoms with Crippen LogP contribution in [0.1, 0.15) is 61.3 Å². The number of carbonyl (C=O) groups is 2. The molecule has 1 heterocycles. The van der Waals surface area contributed by atoms with Crippen molar-refractivity contribution in [3.05, 3.63) is 53.6 Å². The standard InChI is InChI=1S/C19H14F4O5.2C2H6/c1-26-13-4-2-3-11(9-13)14(24)6-7-15(25)12-5-8-16-17(10-12)28-19(22,23)18(20,21)27-16;2*1-2/h2-5,8-10H,6-7H2,1H3;2*1-2H3. The van der Waals surface area contributed by atoms with E-state index in [1.54, 1.807) is 18.2 Å². The first-order valence-electron chi connectivity index (χ1n) is 10.1. The lowest BCUT2D eigenvalue weighted by Gasteiger charge is -2.31. The first-order chi connectivity index (χ1) is 15.1. The third kappa shape index (κ3) is 6.21. The molecule has 0 bridgehead atoms. The minimum atomic E-state index is -4.87. The summed E-state index contributed by atoms with van der Waals surface area (Å²) in [7, 11) is 1.45. The van der Waals surface area contributed by atoms with Crippen LogP contribution in [0.2, 0.25) is 0 Å². The van der Waals surface area contributed by atoms with Gasteiger partial charge in [0.1, 0.15) is 5.75 Å². The van der Waals surface area contributed by atoms with Crippen molar-refractivity contribution in [2.75, 3.05) is 7.11 Å². The number of halogens is 4. The van der Waals surface area contributed by atoms with E-state index in [9.17, 15) is 27.2 Å². The smallest absolute Gasteiger partial charge is 0.497 e. The summed E-state index contributed by atoms with van der Waals surface area (Å²) in [6.07, 6.45) is -10.0. The number of hydrogen-bond acceptors (Lipinski definition) is 5. The van der Waals surface area contributed by atoms with Crippen molar-refractivity contribution in [3.8, 4) is 17.2 Å². The van der Waals surface area contributed by atoms with Crippen molar-refractivity contribution >= 4 is 11.6 Å². The van der Waals surface area contributed by atoms with Gasteiger partial charge in [0, 0.05) is 24.0 Å². The Morgan fingerprint density at radius 3 is 1.81 bits per heavy atom. The molecule has 2 aromatic carbocycles. The second-order valence-electron chi connectivity index (χ2n) is 5.98. The highest BCUT2D eigenvalue weighted by atomic mass is 19.3. The van der Waals surface area contributed by atoms with E-state index in [0.29, 0.717) is 11.3 Å². The van der Waals surface area contributed by atoms with Crippen molar-refractivity contribution in [1.29, 1.82) is 0 Å². The number of methoxy groups -OCH3 is 1. The zero-order valence-electron chi connectivity index (χ0n) is 18.5. The second-order valence-corrected chi connectivity index (χ2v) is 5.98. The van der Waals surface area contributed by atoms with Crippen molar-refractivity contribution < 1.29 is 41.4 Å². The van der Waals surface area contributed by atoms with Crippen molar-refractivity contribution in [3.63, 3.8) is 0 Å². The van der Waals surface area contributed by atoms with Gasteiger partial charge in [0.15, 0.2) is 23.1 Å². The van der Waals surface area contributed by atoms with Crippen LogP contribution >= 0.6 is 0 Å². The van der Waals surface area contributed by atoms with Crippen LogP contribution in [0.4, 0.5) is 17.6 Å². The number of ketones is 2. The van der Waals surface area contributed by atoms with Crippen LogP contribution in [0, 0.1) is 0 Å². The number of Topliss-reactive ketones (excluding diaryl/α,β-unsaturated/α-hetero) is 2. The minimum Gasteiger partial charge on any atom is -0.497 e. The molecule has 0 radical (unpaired) electrons. The van der Waals surface area contributed by atoms with E-state index < -0.39 is 29.5 Å². The molecule has 2 aromatic rings. The van der Waals surface area contributed by atoms with Crippen LogP contribution in [0.15, 0.2) is 42.5 Å². The zero-order valence-corrected chi connectivity index (χ0v) is 18.5. The summed E-state index contributed by atoms with van der Waals surface area (Å²) in [5, 5.41) is 0. The number of ether oxygens (including phenoxy) is 3. The lowest BCUT2D eigenvalue weighted by Crippen LogP contribution is -2.52. The Kier molecular flexibility index (Phi) is 9.68. The number of carbonyl (C=O) groups excluding carboxylic acids is 2. The molecule has 0 N–H and O–H groups in total. The first kappa shape index (κ1) is 26.9. The van der Waals surface area contributed by atoms with E-state index in [2.05, 4.69) is 9.47 Å². The van der Waals surface area contributed by atoms with Gasteiger partial charge in [-0.15, -0.1) is 0 Å². The molecule has 0 aromatic heterocycles. The molecule has 5 nitrogen and oxygen atoms in total. The second kappa shape index (κ2) is 11.5. The molecule has 0 amide bonds. The summed E-state index contributed by atoms with van der Waals surface area (Å²) in [4.78, 5) is 24.5. The summed E-state index contributed by atoms with van der Waals surface area (Å²) in [5.41, 5.74) is 0.290. The fourth-order valence-corrected chi connectivity index (χ4v) is 2.55. The fraction of sp³-hybridized carbons (Fsp3) is 0.391. The molecule has 3 rings (SSSR count). The predicted octanol–water partition coefficient (Wildman–Crippen LogP) is 6.55. The summed E-state index contributed by atoms with van der Waals surface area (Å²) in [6, 6.07) is 9.36. The largest absolute Gasteiger partial charge is 0.507 e. The number of benzene rings is 2. The summed E-state index contributed by atoms with van der Waals surface area (Å²) in [6.45, 7) is 8.00. The maximum absolute atomic E-state index is 13.3. The molecule has 0 saturated carbocycles. The van der Waals surface area contributed by atoms with Crippen molar-refractivity contribution in [2.24, 2.45) is 0 Å². The van der Waals surface area contributed by atoms with Crippen LogP contribution in [0.3, 0.4) is 0 Å². The monoisotopic (exact) mass is 458 g/mol. The average Bonchev–Trinajstić information content (AvgIpc) is 2.80. The Morgan fingerprint density at radius 1 is 0.781 bits per heavy atom. The Morgan fingerprint density at radius 2 is 1.28 bits per heavy atom. The average molecular weight is 458 g/mol. The number of alkyl halides is 4. The van der Waals surface area contributed by atoms with Gasteiger partial charge in [-0.2, -0.15) is 17.6 Å². The van der Waals surface area contributed by atoms with E-state index in [1.165, 1.54) is 13.2 Å². The van der Waals surface area contributed by atoms with Crippen molar-refractivity contribution in [1.82, 2.24) is 0 Å². The van der Waals surface area contributed by atoms with Gasteiger partial charge in [0.25, 0.3) is 0 Å². The molecular formula is C23H26F4O5. The number of rotatable bonds is 6. The molecule has 0 aliphatic carbocycles. The van der Waals surface area contributed by atoms with Crippen LogP contribution < -0.4 is 14.2 Å². The Bertz CT molecular complexity index is 928. The van der Waals surface area contributed by atoms with E-state index in [0.717, 1.165) is 18.2 Å². The molecule has 1 aliphatic rings. The van der Waals surface area contributed by atoms with Crippen LogP contribution in [-0.2, 0) is 0 Å². The molecule has 176 valence electrons. The molecule has 0 saturated heterocycles. The predicted molar refractivity (Wildman–Crippen MR) is 111 cm³/mol. The topological polar surface area (TPSA) is 61.8 Å². The quantitative estimate of drug-likeness (QED) is 0.363. The van der Waals surface area contributed by atoms with Gasteiger partial charge in [-0.1, -0.05) is 39.8 Å². The Labute approximate surface area is 184 Å². The Hall–Kier alpha value is -3.10. The van der Waals surface area contributed by atoms with Gasteiger partial charge < -0.3 is 14.2 Å². The van der Waals surface area contributed by atoms with E-state index >= 15 is 0 Å². The Balaban J connectivity index is 0.00000121. The maximum Gasteiger partial charge on any atom is 0.507 e. The van der Waals surface area contributed by atoms with Gasteiger partial charge in [-0.05, 0) is 30.3 Å². The third-order valence-electron chi connectivity index (χ3n) is 4.05. The summed E-state index contributed by atoms with van der Waals surface area (Å²) in [5.74, 6) is -1.65. The third-order valence-corrected chi connectivity index (χ3v) is 4.05. The first-order valence-corrected chi connectivity index (χ1v) is 10.1. The molecule has 0 unspecified atom stereocenters. The van der Waals surface area contributed by atoms with Crippen LogP contribution in [0.5, 0.6) is 17.2 Å². The van der Waals surface area contributed by atoms with Crippen LogP contribution in [-0.4, -0.2) is 30.9 Å². The number of fused-ring (bicyclic) bond motifs is 1. The normalized spacial score (nSPS) is 14.7. The molecule has 9 heteroatoms. The highest BCUT2D eigenvalue weighted by Crippen LogP contribution is 2.47. The van der Waals surface area contributed by atoms with Crippen LogP contribution in [0.25, 0.3) is 0 Å². The van der Waals surface area contributed by atoms with Gasteiger partial charge >= 0.3 is 12.2 Å².